The van der Waals surface area contributed by atoms with E-state index < -0.39 is 0 Å². The van der Waals surface area contributed by atoms with Crippen LogP contribution in [0.1, 0.15) is 38.2 Å². The molecule has 1 heterocycles. The standard InChI is InChI=1S/C19H27FN2O3/c1-3-4-6-18(23)21-9-5-10-22(12-11-21)19(24)14-15-13-16(20)7-8-17(15)25-2/h7-8,13H,3-6,9-12,14H2,1-2H3. The molecule has 0 atom stereocenters. The van der Waals surface area contributed by atoms with E-state index in [0.29, 0.717) is 43.9 Å². The molecule has 6 heteroatoms. The van der Waals surface area contributed by atoms with Crippen LogP contribution in [0.3, 0.4) is 0 Å². The van der Waals surface area contributed by atoms with E-state index in [4.69, 9.17) is 4.74 Å². The van der Waals surface area contributed by atoms with Crippen LogP contribution in [0.25, 0.3) is 0 Å². The molecule has 2 amide bonds. The average molecular weight is 350 g/mol. The Morgan fingerprint density at radius 1 is 1.12 bits per heavy atom. The summed E-state index contributed by atoms with van der Waals surface area (Å²) in [7, 11) is 1.51. The van der Waals surface area contributed by atoms with Gasteiger partial charge in [-0.3, -0.25) is 9.59 Å². The molecule has 0 saturated carbocycles. The van der Waals surface area contributed by atoms with Crippen molar-refractivity contribution in [1.29, 1.82) is 0 Å². The third-order valence-electron chi connectivity index (χ3n) is 4.53. The van der Waals surface area contributed by atoms with Crippen LogP contribution in [-0.4, -0.2) is 54.9 Å². The van der Waals surface area contributed by atoms with Gasteiger partial charge in [0.05, 0.1) is 13.5 Å². The Morgan fingerprint density at radius 3 is 2.44 bits per heavy atom. The summed E-state index contributed by atoms with van der Waals surface area (Å²) in [5.41, 5.74) is 0.549. The first-order valence-corrected chi connectivity index (χ1v) is 8.93. The van der Waals surface area contributed by atoms with Crippen molar-refractivity contribution in [2.45, 2.75) is 39.0 Å². The minimum Gasteiger partial charge on any atom is -0.496 e. The van der Waals surface area contributed by atoms with Crippen LogP contribution in [0.15, 0.2) is 18.2 Å². The van der Waals surface area contributed by atoms with Gasteiger partial charge in [0, 0.05) is 38.2 Å². The monoisotopic (exact) mass is 350 g/mol. The van der Waals surface area contributed by atoms with Crippen molar-refractivity contribution in [2.24, 2.45) is 0 Å². The molecule has 1 saturated heterocycles. The summed E-state index contributed by atoms with van der Waals surface area (Å²) in [4.78, 5) is 28.4. The number of methoxy groups -OCH3 is 1. The summed E-state index contributed by atoms with van der Waals surface area (Å²) in [5.74, 6) is 0.239. The first-order valence-electron chi connectivity index (χ1n) is 8.93. The molecular formula is C19H27FN2O3. The summed E-state index contributed by atoms with van der Waals surface area (Å²) >= 11 is 0. The molecule has 0 aliphatic carbocycles. The van der Waals surface area contributed by atoms with Crippen LogP contribution in [-0.2, 0) is 16.0 Å². The maximum atomic E-state index is 13.5. The van der Waals surface area contributed by atoms with Gasteiger partial charge in [0.1, 0.15) is 11.6 Å². The summed E-state index contributed by atoms with van der Waals surface area (Å²) < 4.78 is 18.7. The molecule has 0 bridgehead atoms. The fourth-order valence-corrected chi connectivity index (χ4v) is 3.06. The van der Waals surface area contributed by atoms with Gasteiger partial charge in [-0.05, 0) is 31.0 Å². The minimum absolute atomic E-state index is 0.0632. The van der Waals surface area contributed by atoms with Crippen LogP contribution < -0.4 is 4.74 Å². The van der Waals surface area contributed by atoms with Crippen molar-refractivity contribution in [3.05, 3.63) is 29.6 Å². The fourth-order valence-electron chi connectivity index (χ4n) is 3.06. The summed E-state index contributed by atoms with van der Waals surface area (Å²) in [6.45, 7) is 4.46. The normalized spacial score (nSPS) is 15.0. The second-order valence-electron chi connectivity index (χ2n) is 6.35. The number of carbonyl (C=O) groups is 2. The number of ether oxygens (including phenoxy) is 1. The molecule has 0 radical (unpaired) electrons. The SMILES string of the molecule is CCCCC(=O)N1CCCN(C(=O)Cc2cc(F)ccc2OC)CC1. The van der Waals surface area contributed by atoms with Crippen molar-refractivity contribution in [2.75, 3.05) is 33.3 Å². The number of benzene rings is 1. The highest BCUT2D eigenvalue weighted by Crippen LogP contribution is 2.21. The average Bonchev–Trinajstić information content (AvgIpc) is 2.86. The number of hydrogen-bond acceptors (Lipinski definition) is 3. The van der Waals surface area contributed by atoms with Gasteiger partial charge in [0.2, 0.25) is 11.8 Å². The van der Waals surface area contributed by atoms with Gasteiger partial charge >= 0.3 is 0 Å². The Hall–Kier alpha value is -2.11. The van der Waals surface area contributed by atoms with Crippen molar-refractivity contribution >= 4 is 11.8 Å². The van der Waals surface area contributed by atoms with Crippen LogP contribution in [0.4, 0.5) is 4.39 Å². The first kappa shape index (κ1) is 19.2. The van der Waals surface area contributed by atoms with E-state index in [1.807, 2.05) is 4.90 Å². The predicted molar refractivity (Wildman–Crippen MR) is 94.0 cm³/mol. The maximum Gasteiger partial charge on any atom is 0.227 e. The van der Waals surface area contributed by atoms with Gasteiger partial charge in [-0.2, -0.15) is 0 Å². The Balaban J connectivity index is 1.95. The predicted octanol–water partition coefficient (Wildman–Crippen LogP) is 2.63. The Morgan fingerprint density at radius 2 is 1.80 bits per heavy atom. The first-order chi connectivity index (χ1) is 12.0. The quantitative estimate of drug-likeness (QED) is 0.792. The fraction of sp³-hybridized carbons (Fsp3) is 0.579. The van der Waals surface area contributed by atoms with Crippen LogP contribution in [0.2, 0.25) is 0 Å². The van der Waals surface area contributed by atoms with Gasteiger partial charge < -0.3 is 14.5 Å². The molecule has 0 aromatic heterocycles. The third kappa shape index (κ3) is 5.44. The molecule has 2 rings (SSSR count). The number of amides is 2. The van der Waals surface area contributed by atoms with Crippen molar-refractivity contribution in [3.8, 4) is 5.75 Å². The van der Waals surface area contributed by atoms with Crippen LogP contribution >= 0.6 is 0 Å². The number of hydrogen-bond donors (Lipinski definition) is 0. The van der Waals surface area contributed by atoms with Crippen molar-refractivity contribution < 1.29 is 18.7 Å². The highest BCUT2D eigenvalue weighted by molar-refractivity contribution is 5.80. The summed E-state index contributed by atoms with van der Waals surface area (Å²) in [6.07, 6.45) is 3.34. The van der Waals surface area contributed by atoms with E-state index in [9.17, 15) is 14.0 Å². The lowest BCUT2D eigenvalue weighted by Crippen LogP contribution is -2.37. The van der Waals surface area contributed by atoms with E-state index in [1.54, 1.807) is 4.90 Å². The molecular weight excluding hydrogens is 323 g/mol. The molecule has 138 valence electrons. The van der Waals surface area contributed by atoms with E-state index in [2.05, 4.69) is 6.92 Å². The zero-order valence-corrected chi connectivity index (χ0v) is 15.1. The van der Waals surface area contributed by atoms with E-state index in [0.717, 1.165) is 19.3 Å². The van der Waals surface area contributed by atoms with Gasteiger partial charge in [0.25, 0.3) is 0 Å². The van der Waals surface area contributed by atoms with E-state index in [1.165, 1.54) is 25.3 Å². The Kier molecular flexibility index (Phi) is 7.22. The zero-order valence-electron chi connectivity index (χ0n) is 15.1. The number of unbranched alkanes of at least 4 members (excludes halogenated alkanes) is 1. The molecule has 1 fully saturated rings. The van der Waals surface area contributed by atoms with Gasteiger partial charge in [-0.15, -0.1) is 0 Å². The van der Waals surface area contributed by atoms with Crippen molar-refractivity contribution in [3.63, 3.8) is 0 Å². The second kappa shape index (κ2) is 9.39. The number of carbonyl (C=O) groups excluding carboxylic acids is 2. The minimum atomic E-state index is -0.382. The van der Waals surface area contributed by atoms with Gasteiger partial charge in [0.15, 0.2) is 0 Å². The molecule has 1 aromatic carbocycles. The maximum absolute atomic E-state index is 13.5. The Bertz CT molecular complexity index is 606. The summed E-state index contributed by atoms with van der Waals surface area (Å²) in [5, 5.41) is 0. The highest BCUT2D eigenvalue weighted by atomic mass is 19.1. The smallest absolute Gasteiger partial charge is 0.227 e. The lowest BCUT2D eigenvalue weighted by molar-refractivity contribution is -0.133. The molecule has 1 aliphatic heterocycles. The highest BCUT2D eigenvalue weighted by Gasteiger charge is 2.22. The number of halogens is 1. The number of rotatable bonds is 6. The molecule has 0 N–H and O–H groups in total. The van der Waals surface area contributed by atoms with Gasteiger partial charge in [-0.1, -0.05) is 13.3 Å². The van der Waals surface area contributed by atoms with Crippen LogP contribution in [0.5, 0.6) is 5.75 Å². The molecule has 25 heavy (non-hydrogen) atoms. The molecule has 1 aliphatic rings. The van der Waals surface area contributed by atoms with Crippen molar-refractivity contribution in [1.82, 2.24) is 9.80 Å². The second-order valence-corrected chi connectivity index (χ2v) is 6.35. The topological polar surface area (TPSA) is 49.9 Å². The largest absolute Gasteiger partial charge is 0.496 e. The molecule has 5 nitrogen and oxygen atoms in total. The third-order valence-corrected chi connectivity index (χ3v) is 4.53. The molecule has 0 unspecified atom stereocenters. The lowest BCUT2D eigenvalue weighted by Gasteiger charge is -2.22. The van der Waals surface area contributed by atoms with E-state index in [-0.39, 0.29) is 24.1 Å². The van der Waals surface area contributed by atoms with E-state index >= 15 is 0 Å². The Labute approximate surface area is 148 Å². The van der Waals surface area contributed by atoms with Gasteiger partial charge in [-0.25, -0.2) is 4.39 Å². The molecule has 0 spiro atoms. The van der Waals surface area contributed by atoms with Crippen LogP contribution in [0, 0.1) is 5.82 Å². The summed E-state index contributed by atoms with van der Waals surface area (Å²) in [6, 6.07) is 4.20. The zero-order chi connectivity index (χ0) is 18.2. The lowest BCUT2D eigenvalue weighted by atomic mass is 10.1. The molecule has 1 aromatic rings. The number of nitrogens with zero attached hydrogens (tertiary/aromatic N) is 2.